The second-order valence-electron chi connectivity index (χ2n) is 9.22. The molecular formula is C24H23F6N5O3. The number of nitrogens with one attached hydrogen (secondary N) is 2. The van der Waals surface area contributed by atoms with E-state index in [1.165, 1.54) is 17.0 Å². The second-order valence-corrected chi connectivity index (χ2v) is 9.22. The number of rotatable bonds is 7. The molecular weight excluding hydrogens is 520 g/mol. The van der Waals surface area contributed by atoms with E-state index in [1.54, 1.807) is 13.8 Å². The maximum atomic E-state index is 14.8. The van der Waals surface area contributed by atoms with E-state index in [2.05, 4.69) is 10.3 Å². The normalized spacial score (nSPS) is 15.8. The van der Waals surface area contributed by atoms with Crippen LogP contribution >= 0.6 is 0 Å². The van der Waals surface area contributed by atoms with Crippen LogP contribution in [0.15, 0.2) is 35.3 Å². The Balaban J connectivity index is 1.93. The van der Waals surface area contributed by atoms with Crippen molar-refractivity contribution in [3.05, 3.63) is 63.7 Å². The van der Waals surface area contributed by atoms with Crippen molar-refractivity contribution in [2.24, 2.45) is 5.92 Å². The van der Waals surface area contributed by atoms with Gasteiger partial charge in [-0.2, -0.15) is 13.2 Å². The number of urea groups is 1. The fraction of sp³-hybridized carbons (Fsp3) is 0.375. The van der Waals surface area contributed by atoms with E-state index in [9.17, 15) is 41.0 Å². The minimum absolute atomic E-state index is 0.0177. The number of carbonyl (C=O) groups is 1. The highest BCUT2D eigenvalue weighted by atomic mass is 19.4. The lowest BCUT2D eigenvalue weighted by atomic mass is 10.0. The summed E-state index contributed by atoms with van der Waals surface area (Å²) in [5.74, 6) is -4.45. The fourth-order valence-corrected chi connectivity index (χ4v) is 4.23. The molecule has 0 radical (unpaired) electrons. The first kappa shape index (κ1) is 27.4. The van der Waals surface area contributed by atoms with Crippen molar-refractivity contribution in [2.75, 3.05) is 18.0 Å². The van der Waals surface area contributed by atoms with Crippen LogP contribution in [-0.2, 0) is 0 Å². The molecule has 1 aromatic carbocycles. The van der Waals surface area contributed by atoms with Gasteiger partial charge in [0.15, 0.2) is 22.7 Å². The number of hydrogen-bond acceptors (Lipinski definition) is 5. The monoisotopic (exact) mass is 543 g/mol. The van der Waals surface area contributed by atoms with Gasteiger partial charge in [0, 0.05) is 31.4 Å². The molecule has 1 fully saturated rings. The number of alkyl halides is 3. The number of amides is 2. The van der Waals surface area contributed by atoms with Gasteiger partial charge in [0.25, 0.3) is 0 Å². The van der Waals surface area contributed by atoms with Crippen molar-refractivity contribution in [2.45, 2.75) is 38.7 Å². The SMILES string of the molecule is CC(C)C[C@@H](NC(O)c1cn(-c2c(F)cc(F)cc2F)c2nc(N3CCNC3=O)ccc2c1=O)C(F)(F)F. The highest BCUT2D eigenvalue weighted by Crippen LogP contribution is 2.29. The van der Waals surface area contributed by atoms with Gasteiger partial charge >= 0.3 is 12.2 Å². The third-order valence-corrected chi connectivity index (χ3v) is 5.98. The van der Waals surface area contributed by atoms with E-state index in [0.29, 0.717) is 23.2 Å². The Morgan fingerprint density at radius 2 is 1.79 bits per heavy atom. The molecule has 8 nitrogen and oxygen atoms in total. The zero-order chi connectivity index (χ0) is 27.9. The van der Waals surface area contributed by atoms with Crippen LogP contribution in [-0.4, -0.2) is 46.0 Å². The van der Waals surface area contributed by atoms with Crippen LogP contribution in [0.5, 0.6) is 0 Å². The molecule has 1 saturated heterocycles. The maximum Gasteiger partial charge on any atom is 0.403 e. The van der Waals surface area contributed by atoms with Gasteiger partial charge in [-0.25, -0.2) is 22.9 Å². The lowest BCUT2D eigenvalue weighted by Gasteiger charge is -2.26. The zero-order valence-corrected chi connectivity index (χ0v) is 20.1. The van der Waals surface area contributed by atoms with Gasteiger partial charge in [-0.1, -0.05) is 13.8 Å². The third-order valence-electron chi connectivity index (χ3n) is 5.98. The van der Waals surface area contributed by atoms with E-state index < -0.39 is 70.9 Å². The summed E-state index contributed by atoms with van der Waals surface area (Å²) in [5, 5.41) is 14.9. The number of anilines is 1. The Bertz CT molecular complexity index is 1420. The predicted molar refractivity (Wildman–Crippen MR) is 125 cm³/mol. The van der Waals surface area contributed by atoms with Gasteiger partial charge in [-0.05, 0) is 24.5 Å². The third kappa shape index (κ3) is 5.31. The number of pyridine rings is 2. The van der Waals surface area contributed by atoms with Gasteiger partial charge < -0.3 is 10.4 Å². The zero-order valence-electron chi connectivity index (χ0n) is 20.1. The number of aromatic nitrogens is 2. The van der Waals surface area contributed by atoms with Gasteiger partial charge in [0.1, 0.15) is 29.6 Å². The Morgan fingerprint density at radius 1 is 1.13 bits per heavy atom. The molecule has 3 N–H and O–H groups in total. The fourth-order valence-electron chi connectivity index (χ4n) is 4.23. The second kappa shape index (κ2) is 10.3. The summed E-state index contributed by atoms with van der Waals surface area (Å²) in [5.41, 5.74) is -2.89. The number of aliphatic hydroxyl groups excluding tert-OH is 1. The van der Waals surface area contributed by atoms with Crippen LogP contribution in [0.4, 0.5) is 37.0 Å². The van der Waals surface area contributed by atoms with E-state index in [0.717, 1.165) is 6.20 Å². The number of hydrogen-bond donors (Lipinski definition) is 3. The highest BCUT2D eigenvalue weighted by molar-refractivity contribution is 5.94. The minimum Gasteiger partial charge on any atom is -0.374 e. The molecule has 0 saturated carbocycles. The summed E-state index contributed by atoms with van der Waals surface area (Å²) in [4.78, 5) is 30.8. The number of carbonyl (C=O) groups excluding carboxylic acids is 1. The van der Waals surface area contributed by atoms with Crippen LogP contribution in [0.25, 0.3) is 16.7 Å². The number of fused-ring (bicyclic) bond motifs is 1. The summed E-state index contributed by atoms with van der Waals surface area (Å²) in [6, 6.07) is 0.483. The van der Waals surface area contributed by atoms with Gasteiger partial charge in [-0.3, -0.25) is 19.6 Å². The Hall–Kier alpha value is -3.65. The van der Waals surface area contributed by atoms with Crippen molar-refractivity contribution < 1.29 is 36.2 Å². The molecule has 14 heteroatoms. The standard InChI is InChI=1S/C24H23F6N5O3/c1-11(2)7-17(24(28,29)30)32-22(37)14-10-35(19-15(26)8-12(25)9-16(19)27)21-13(20(14)36)3-4-18(33-21)34-6-5-31-23(34)38/h3-4,8-11,17,22,32,37H,5-7H2,1-2H3,(H,31,38)/t17-,22?/m1/s1. The molecule has 204 valence electrons. The van der Waals surface area contributed by atoms with Crippen LogP contribution < -0.4 is 21.0 Å². The molecule has 1 unspecified atom stereocenters. The number of aliphatic hydroxyl groups is 1. The average Bonchev–Trinajstić information content (AvgIpc) is 3.24. The Labute approximate surface area is 211 Å². The summed E-state index contributed by atoms with van der Waals surface area (Å²) < 4.78 is 84.7. The molecule has 38 heavy (non-hydrogen) atoms. The van der Waals surface area contributed by atoms with E-state index in [-0.39, 0.29) is 23.4 Å². The molecule has 0 bridgehead atoms. The highest BCUT2D eigenvalue weighted by Gasteiger charge is 2.41. The minimum atomic E-state index is -4.77. The molecule has 2 aromatic heterocycles. The first-order chi connectivity index (χ1) is 17.8. The van der Waals surface area contributed by atoms with Crippen LogP contribution in [0, 0.1) is 23.4 Å². The molecule has 1 aliphatic heterocycles. The van der Waals surface area contributed by atoms with E-state index >= 15 is 0 Å². The first-order valence-corrected chi connectivity index (χ1v) is 11.5. The molecule has 2 amide bonds. The van der Waals surface area contributed by atoms with E-state index in [4.69, 9.17) is 0 Å². The van der Waals surface area contributed by atoms with Crippen molar-refractivity contribution >= 4 is 22.9 Å². The molecule has 3 aromatic rings. The summed E-state index contributed by atoms with van der Waals surface area (Å²) in [6.45, 7) is 3.58. The van der Waals surface area contributed by atoms with E-state index in [1.807, 2.05) is 5.32 Å². The Kier molecular flexibility index (Phi) is 7.39. The molecule has 4 rings (SSSR count). The average molecular weight is 543 g/mol. The molecule has 0 aliphatic carbocycles. The largest absolute Gasteiger partial charge is 0.403 e. The van der Waals surface area contributed by atoms with Crippen LogP contribution in [0.2, 0.25) is 0 Å². The van der Waals surface area contributed by atoms with Crippen molar-refractivity contribution in [1.82, 2.24) is 20.2 Å². The maximum absolute atomic E-state index is 14.8. The molecule has 0 spiro atoms. The van der Waals surface area contributed by atoms with Gasteiger partial charge in [0.2, 0.25) is 0 Å². The van der Waals surface area contributed by atoms with Crippen molar-refractivity contribution in [3.8, 4) is 5.69 Å². The quantitative estimate of drug-likeness (QED) is 0.310. The molecule has 1 aliphatic rings. The van der Waals surface area contributed by atoms with Gasteiger partial charge in [0.05, 0.1) is 10.9 Å². The van der Waals surface area contributed by atoms with Crippen molar-refractivity contribution in [3.63, 3.8) is 0 Å². The summed E-state index contributed by atoms with van der Waals surface area (Å²) in [6.07, 6.45) is -6.65. The number of halogens is 6. The lowest BCUT2D eigenvalue weighted by Crippen LogP contribution is -2.45. The number of benzene rings is 1. The molecule has 3 heterocycles. The summed E-state index contributed by atoms with van der Waals surface area (Å²) >= 11 is 0. The predicted octanol–water partition coefficient (Wildman–Crippen LogP) is 3.89. The lowest BCUT2D eigenvalue weighted by molar-refractivity contribution is -0.167. The first-order valence-electron chi connectivity index (χ1n) is 11.5. The summed E-state index contributed by atoms with van der Waals surface area (Å²) in [7, 11) is 0. The molecule has 2 atom stereocenters. The number of nitrogens with zero attached hydrogens (tertiary/aromatic N) is 3. The Morgan fingerprint density at radius 3 is 2.34 bits per heavy atom. The van der Waals surface area contributed by atoms with Crippen LogP contribution in [0.3, 0.4) is 0 Å². The van der Waals surface area contributed by atoms with Crippen molar-refractivity contribution in [1.29, 1.82) is 0 Å². The van der Waals surface area contributed by atoms with Gasteiger partial charge in [-0.15, -0.1) is 0 Å². The topological polar surface area (TPSA) is 99.5 Å². The van der Waals surface area contributed by atoms with Crippen LogP contribution in [0.1, 0.15) is 32.1 Å². The smallest absolute Gasteiger partial charge is 0.374 e.